The molecule has 0 aromatic heterocycles. The molecule has 3 aliphatic rings. The summed E-state index contributed by atoms with van der Waals surface area (Å²) in [7, 11) is 1.57. The van der Waals surface area contributed by atoms with Crippen LogP contribution in [0, 0.1) is 11.8 Å². The first kappa shape index (κ1) is 18.9. The van der Waals surface area contributed by atoms with E-state index in [-0.39, 0.29) is 11.9 Å². The van der Waals surface area contributed by atoms with Gasteiger partial charge in [0.1, 0.15) is 12.2 Å². The Kier molecular flexibility index (Phi) is 4.61. The first-order valence-electron chi connectivity index (χ1n) is 8.86. The second-order valence-electron chi connectivity index (χ2n) is 7.72. The van der Waals surface area contributed by atoms with Crippen molar-refractivity contribution in [3.05, 3.63) is 36.0 Å². The van der Waals surface area contributed by atoms with Gasteiger partial charge in [-0.05, 0) is 31.6 Å². The van der Waals surface area contributed by atoms with Crippen molar-refractivity contribution in [1.82, 2.24) is 0 Å². The summed E-state index contributed by atoms with van der Waals surface area (Å²) >= 11 is 0. The van der Waals surface area contributed by atoms with Gasteiger partial charge >= 0.3 is 11.9 Å². The molecule has 1 fully saturated rings. The topological polar surface area (TPSA) is 71.1 Å². The van der Waals surface area contributed by atoms with Crippen molar-refractivity contribution in [3.8, 4) is 0 Å². The summed E-state index contributed by atoms with van der Waals surface area (Å²) in [4.78, 5) is 24.4. The number of ether oxygens (including phenoxy) is 4. The van der Waals surface area contributed by atoms with Crippen molar-refractivity contribution in [3.63, 3.8) is 0 Å². The fourth-order valence-electron chi connectivity index (χ4n) is 3.76. The minimum Gasteiger partial charge on any atom is -0.461 e. The quantitative estimate of drug-likeness (QED) is 0.437. The average Bonchev–Trinajstić information content (AvgIpc) is 3.05. The van der Waals surface area contributed by atoms with Gasteiger partial charge in [-0.1, -0.05) is 26.5 Å². The zero-order valence-electron chi connectivity index (χ0n) is 15.9. The summed E-state index contributed by atoms with van der Waals surface area (Å²) in [5.41, 5.74) is 0.374. The molecule has 6 nitrogen and oxygen atoms in total. The largest absolute Gasteiger partial charge is 0.461 e. The SMILES string of the molecule is C=C1C(=O)O[C@@H]2/C=C(\C)[C@]3(OC)C=C[C@](C)(C[C@@H](OC(=O)C(C)C)[C@@H]12)O3. The molecule has 0 unspecified atom stereocenters. The summed E-state index contributed by atoms with van der Waals surface area (Å²) < 4.78 is 23.2. The van der Waals surface area contributed by atoms with E-state index in [2.05, 4.69) is 6.58 Å². The third-order valence-electron chi connectivity index (χ3n) is 5.31. The Bertz CT molecular complexity index is 705. The van der Waals surface area contributed by atoms with Crippen LogP contribution in [0.3, 0.4) is 0 Å². The normalized spacial score (nSPS) is 41.0. The molecule has 0 saturated carbocycles. The number of methoxy groups -OCH3 is 1. The monoisotopic (exact) mass is 362 g/mol. The van der Waals surface area contributed by atoms with E-state index >= 15 is 0 Å². The number of carbonyl (C=O) groups is 2. The maximum absolute atomic E-state index is 12.3. The molecule has 3 aliphatic heterocycles. The summed E-state index contributed by atoms with van der Waals surface area (Å²) in [5, 5.41) is 0. The van der Waals surface area contributed by atoms with Gasteiger partial charge < -0.3 is 18.9 Å². The lowest BCUT2D eigenvalue weighted by Gasteiger charge is -2.34. The Balaban J connectivity index is 2.06. The molecule has 6 heteroatoms. The van der Waals surface area contributed by atoms with Crippen molar-refractivity contribution < 1.29 is 28.5 Å². The number of esters is 2. The number of hydrogen-bond acceptors (Lipinski definition) is 6. The minimum atomic E-state index is -1.02. The van der Waals surface area contributed by atoms with E-state index in [1.807, 2.05) is 32.1 Å². The van der Waals surface area contributed by atoms with Gasteiger partial charge in [-0.2, -0.15) is 0 Å². The lowest BCUT2D eigenvalue weighted by Crippen LogP contribution is -2.41. The van der Waals surface area contributed by atoms with Gasteiger partial charge in [0.05, 0.1) is 17.4 Å². The molecule has 5 atom stereocenters. The summed E-state index contributed by atoms with van der Waals surface area (Å²) in [6, 6.07) is 0. The highest BCUT2D eigenvalue weighted by atomic mass is 16.7. The average molecular weight is 362 g/mol. The van der Waals surface area contributed by atoms with Crippen molar-refractivity contribution in [2.75, 3.05) is 7.11 Å². The van der Waals surface area contributed by atoms with Gasteiger partial charge in [0.25, 0.3) is 0 Å². The van der Waals surface area contributed by atoms with E-state index in [4.69, 9.17) is 18.9 Å². The fraction of sp³-hybridized carbons (Fsp3) is 0.600. The van der Waals surface area contributed by atoms with Crippen LogP contribution in [0.5, 0.6) is 0 Å². The lowest BCUT2D eigenvalue weighted by atomic mass is 9.83. The van der Waals surface area contributed by atoms with E-state index in [1.54, 1.807) is 21.0 Å². The van der Waals surface area contributed by atoms with Crippen LogP contribution in [0.15, 0.2) is 36.0 Å². The summed E-state index contributed by atoms with van der Waals surface area (Å²) in [6.07, 6.45) is 4.77. The van der Waals surface area contributed by atoms with Crippen LogP contribution >= 0.6 is 0 Å². The van der Waals surface area contributed by atoms with Crippen LogP contribution in [0.4, 0.5) is 0 Å². The van der Waals surface area contributed by atoms with Gasteiger partial charge in [-0.15, -0.1) is 0 Å². The van der Waals surface area contributed by atoms with Gasteiger partial charge in [0.2, 0.25) is 5.79 Å². The molecule has 0 radical (unpaired) electrons. The van der Waals surface area contributed by atoms with Gasteiger partial charge in [-0.3, -0.25) is 4.79 Å². The summed E-state index contributed by atoms with van der Waals surface area (Å²) in [5.74, 6) is -2.55. The summed E-state index contributed by atoms with van der Waals surface area (Å²) in [6.45, 7) is 11.2. The second kappa shape index (κ2) is 6.35. The molecule has 0 aromatic rings. The van der Waals surface area contributed by atoms with E-state index < -0.39 is 35.5 Å². The fourth-order valence-corrected chi connectivity index (χ4v) is 3.76. The minimum absolute atomic E-state index is 0.282. The Morgan fingerprint density at radius 2 is 2.08 bits per heavy atom. The van der Waals surface area contributed by atoms with Gasteiger partial charge in [-0.25, -0.2) is 4.79 Å². The number of fused-ring (bicyclic) bond motifs is 3. The zero-order valence-corrected chi connectivity index (χ0v) is 15.9. The van der Waals surface area contributed by atoms with Crippen molar-refractivity contribution in [2.45, 2.75) is 57.7 Å². The second-order valence-corrected chi connectivity index (χ2v) is 7.72. The Morgan fingerprint density at radius 3 is 2.69 bits per heavy atom. The Morgan fingerprint density at radius 1 is 1.38 bits per heavy atom. The van der Waals surface area contributed by atoms with Crippen molar-refractivity contribution in [1.29, 1.82) is 0 Å². The highest BCUT2D eigenvalue weighted by Gasteiger charge is 2.52. The van der Waals surface area contributed by atoms with Crippen LogP contribution in [-0.2, 0) is 28.5 Å². The maximum Gasteiger partial charge on any atom is 0.334 e. The maximum atomic E-state index is 12.3. The molecular formula is C20H26O6. The molecule has 3 rings (SSSR count). The zero-order chi connectivity index (χ0) is 19.3. The molecule has 0 spiro atoms. The van der Waals surface area contributed by atoms with E-state index in [0.29, 0.717) is 12.0 Å². The molecule has 2 bridgehead atoms. The standard InChI is InChI=1S/C20H26O6/c1-11(2)17(21)25-15-10-19(5)7-8-20(23-6,26-19)12(3)9-14-16(15)13(4)18(22)24-14/h7-9,11,14-16H,4,10H2,1-3,5-6H3/b12-9+/t14-,15-,16+,19-,20+/m1/s1. The van der Waals surface area contributed by atoms with Crippen LogP contribution in [0.1, 0.15) is 34.1 Å². The van der Waals surface area contributed by atoms with E-state index in [9.17, 15) is 9.59 Å². The number of carbonyl (C=O) groups excluding carboxylic acids is 2. The van der Waals surface area contributed by atoms with Crippen LogP contribution in [-0.4, -0.2) is 42.6 Å². The first-order valence-corrected chi connectivity index (χ1v) is 8.86. The van der Waals surface area contributed by atoms with Crippen molar-refractivity contribution in [2.24, 2.45) is 11.8 Å². The molecule has 26 heavy (non-hydrogen) atoms. The Labute approximate surface area is 153 Å². The highest BCUT2D eigenvalue weighted by Crippen LogP contribution is 2.45. The first-order chi connectivity index (χ1) is 12.1. The molecule has 0 amide bonds. The van der Waals surface area contributed by atoms with Gasteiger partial charge in [0.15, 0.2) is 0 Å². The smallest absolute Gasteiger partial charge is 0.334 e. The van der Waals surface area contributed by atoms with Gasteiger partial charge in [0, 0.05) is 19.1 Å². The molecule has 0 aromatic carbocycles. The predicted molar refractivity (Wildman–Crippen MR) is 94.0 cm³/mol. The molecule has 1 saturated heterocycles. The number of rotatable bonds is 3. The highest BCUT2D eigenvalue weighted by molar-refractivity contribution is 5.91. The van der Waals surface area contributed by atoms with Crippen LogP contribution < -0.4 is 0 Å². The van der Waals surface area contributed by atoms with Crippen LogP contribution in [0.25, 0.3) is 0 Å². The molecule has 142 valence electrons. The molecular weight excluding hydrogens is 336 g/mol. The molecule has 0 aliphatic carbocycles. The lowest BCUT2D eigenvalue weighted by molar-refractivity contribution is -0.204. The van der Waals surface area contributed by atoms with E-state index in [1.165, 1.54) is 0 Å². The van der Waals surface area contributed by atoms with Crippen LogP contribution in [0.2, 0.25) is 0 Å². The third-order valence-corrected chi connectivity index (χ3v) is 5.31. The number of hydrogen-bond donors (Lipinski definition) is 0. The van der Waals surface area contributed by atoms with Crippen molar-refractivity contribution >= 4 is 11.9 Å². The molecule has 0 N–H and O–H groups in total. The molecule has 3 heterocycles. The predicted octanol–water partition coefficient (Wildman–Crippen LogP) is 2.69. The Hall–Kier alpha value is -1.92. The van der Waals surface area contributed by atoms with E-state index in [0.717, 1.165) is 5.57 Å². The third kappa shape index (κ3) is 3.01.